The van der Waals surface area contributed by atoms with Crippen LogP contribution >= 0.6 is 23.2 Å². The molecule has 2 heterocycles. The van der Waals surface area contributed by atoms with E-state index in [9.17, 15) is 13.6 Å². The number of ether oxygens (including phenoxy) is 1. The maximum atomic E-state index is 12.6. The zero-order valence-corrected chi connectivity index (χ0v) is 16.6. The Labute approximate surface area is 170 Å². The van der Waals surface area contributed by atoms with Crippen molar-refractivity contribution in [3.05, 3.63) is 62.6 Å². The number of nitrogens with zero attached hydrogens (tertiary/aromatic N) is 3. The van der Waals surface area contributed by atoms with E-state index in [4.69, 9.17) is 27.9 Å². The first-order valence-electron chi connectivity index (χ1n) is 8.48. The van der Waals surface area contributed by atoms with E-state index >= 15 is 0 Å². The van der Waals surface area contributed by atoms with Crippen LogP contribution in [0, 0.1) is 6.92 Å². The number of aromatic nitrogens is 3. The Kier molecular flexibility index (Phi) is 6.05. The topological polar surface area (TPSA) is 49.0 Å². The van der Waals surface area contributed by atoms with Gasteiger partial charge in [0.05, 0.1) is 17.6 Å². The first-order valence-corrected chi connectivity index (χ1v) is 9.24. The average Bonchev–Trinajstić information content (AvgIpc) is 3.01. The van der Waals surface area contributed by atoms with Crippen molar-refractivity contribution in [3.63, 3.8) is 0 Å². The molecule has 0 aliphatic rings. The molecule has 5 nitrogen and oxygen atoms in total. The van der Waals surface area contributed by atoms with Gasteiger partial charge in [-0.15, -0.1) is 0 Å². The fourth-order valence-corrected chi connectivity index (χ4v) is 3.23. The first-order chi connectivity index (χ1) is 13.3. The lowest BCUT2D eigenvalue weighted by Crippen LogP contribution is -2.23. The Balaban J connectivity index is 2.17. The molecule has 0 bridgehead atoms. The number of hydrogen-bond donors (Lipinski definition) is 0. The van der Waals surface area contributed by atoms with E-state index in [1.807, 2.05) is 13.8 Å². The average molecular weight is 428 g/mol. The highest BCUT2D eigenvalue weighted by molar-refractivity contribution is 6.31. The third-order valence-electron chi connectivity index (χ3n) is 4.15. The Hall–Kier alpha value is -2.38. The minimum absolute atomic E-state index is 0.0432. The van der Waals surface area contributed by atoms with Crippen molar-refractivity contribution < 1.29 is 13.5 Å². The second-order valence-electron chi connectivity index (χ2n) is 6.03. The number of benzene rings is 1. The number of alkyl halides is 2. The second kappa shape index (κ2) is 8.32. The predicted octanol–water partition coefficient (Wildman–Crippen LogP) is 4.98. The zero-order valence-electron chi connectivity index (χ0n) is 15.1. The first kappa shape index (κ1) is 20.4. The summed E-state index contributed by atoms with van der Waals surface area (Å²) in [6.45, 7) is 3.32. The Morgan fingerprint density at radius 1 is 1.21 bits per heavy atom. The number of aryl methyl sites for hydroxylation is 1. The summed E-state index contributed by atoms with van der Waals surface area (Å²) in [4.78, 5) is 12.6. The lowest BCUT2D eigenvalue weighted by atomic mass is 10.1. The molecule has 0 aliphatic heterocycles. The van der Waals surface area contributed by atoms with Gasteiger partial charge in [0, 0.05) is 17.7 Å². The molecule has 148 valence electrons. The van der Waals surface area contributed by atoms with Gasteiger partial charge < -0.3 is 9.30 Å². The Bertz CT molecular complexity index is 1050. The minimum Gasteiger partial charge on any atom is -0.488 e. The van der Waals surface area contributed by atoms with Crippen molar-refractivity contribution >= 4 is 23.2 Å². The van der Waals surface area contributed by atoms with Gasteiger partial charge in [0.15, 0.2) is 0 Å². The highest BCUT2D eigenvalue weighted by atomic mass is 35.5. The van der Waals surface area contributed by atoms with E-state index in [2.05, 4.69) is 5.10 Å². The molecule has 0 saturated carbocycles. The highest BCUT2D eigenvalue weighted by Crippen LogP contribution is 2.31. The SMILES string of the molecule is CCn1c(-c2ccc(OCC(F)F)cc2)c(-n2ncc(C)c2Cl)cc(Cl)c1=O. The molecule has 9 heteroatoms. The van der Waals surface area contributed by atoms with E-state index < -0.39 is 13.0 Å². The highest BCUT2D eigenvalue weighted by Gasteiger charge is 2.19. The van der Waals surface area contributed by atoms with Crippen molar-refractivity contribution in [2.45, 2.75) is 26.8 Å². The van der Waals surface area contributed by atoms with Crippen LogP contribution in [0.25, 0.3) is 16.9 Å². The lowest BCUT2D eigenvalue weighted by Gasteiger charge is -2.18. The van der Waals surface area contributed by atoms with Gasteiger partial charge >= 0.3 is 0 Å². The summed E-state index contributed by atoms with van der Waals surface area (Å²) in [7, 11) is 0. The molecule has 3 aromatic rings. The Morgan fingerprint density at radius 3 is 2.43 bits per heavy atom. The molecular weight excluding hydrogens is 411 g/mol. The van der Waals surface area contributed by atoms with Gasteiger partial charge in [-0.05, 0) is 44.2 Å². The molecule has 0 fully saturated rings. The third kappa shape index (κ3) is 3.91. The molecule has 0 N–H and O–H groups in total. The molecule has 1 aromatic carbocycles. The summed E-state index contributed by atoms with van der Waals surface area (Å²) in [5.74, 6) is 0.304. The molecule has 0 radical (unpaired) electrons. The number of hydrogen-bond acceptors (Lipinski definition) is 3. The molecule has 28 heavy (non-hydrogen) atoms. The van der Waals surface area contributed by atoms with Crippen molar-refractivity contribution in [2.75, 3.05) is 6.61 Å². The van der Waals surface area contributed by atoms with Gasteiger partial charge in [-0.25, -0.2) is 13.5 Å². The molecule has 0 aliphatic carbocycles. The van der Waals surface area contributed by atoms with Gasteiger partial charge in [0.2, 0.25) is 0 Å². The van der Waals surface area contributed by atoms with E-state index in [-0.39, 0.29) is 10.6 Å². The molecule has 2 aromatic heterocycles. The fraction of sp³-hybridized carbons (Fsp3) is 0.263. The zero-order chi connectivity index (χ0) is 20.4. The molecule has 0 atom stereocenters. The molecule has 3 rings (SSSR count). The van der Waals surface area contributed by atoms with E-state index in [0.29, 0.717) is 34.4 Å². The number of rotatable bonds is 6. The second-order valence-corrected chi connectivity index (χ2v) is 6.80. The molecule has 0 amide bonds. The quantitative estimate of drug-likeness (QED) is 0.557. The van der Waals surface area contributed by atoms with Crippen LogP contribution < -0.4 is 10.3 Å². The number of pyridine rings is 1. The van der Waals surface area contributed by atoms with Gasteiger partial charge in [-0.3, -0.25) is 4.79 Å². The molecular formula is C19H17Cl2F2N3O2. The van der Waals surface area contributed by atoms with Gasteiger partial charge in [-0.2, -0.15) is 5.10 Å². The summed E-state index contributed by atoms with van der Waals surface area (Å²) in [6, 6.07) is 8.02. The monoisotopic (exact) mass is 427 g/mol. The molecule has 0 unspecified atom stereocenters. The lowest BCUT2D eigenvalue weighted by molar-refractivity contribution is 0.0819. The van der Waals surface area contributed by atoms with E-state index in [0.717, 1.165) is 5.56 Å². The van der Waals surface area contributed by atoms with Crippen LogP contribution in [0.2, 0.25) is 10.2 Å². The molecule has 0 spiro atoms. The summed E-state index contributed by atoms with van der Waals surface area (Å²) in [5.41, 5.74) is 2.18. The maximum Gasteiger partial charge on any atom is 0.272 e. The van der Waals surface area contributed by atoms with Crippen LogP contribution in [0.1, 0.15) is 12.5 Å². The van der Waals surface area contributed by atoms with Crippen LogP contribution in [-0.2, 0) is 6.54 Å². The maximum absolute atomic E-state index is 12.6. The van der Waals surface area contributed by atoms with Crippen LogP contribution in [0.15, 0.2) is 41.3 Å². The van der Waals surface area contributed by atoms with Gasteiger partial charge in [-0.1, -0.05) is 23.2 Å². The van der Waals surface area contributed by atoms with Crippen LogP contribution in [0.3, 0.4) is 0 Å². The molecule has 0 saturated heterocycles. The van der Waals surface area contributed by atoms with Crippen LogP contribution in [-0.4, -0.2) is 27.4 Å². The van der Waals surface area contributed by atoms with Gasteiger partial charge in [0.25, 0.3) is 12.0 Å². The van der Waals surface area contributed by atoms with E-state index in [1.165, 1.54) is 15.3 Å². The fourth-order valence-electron chi connectivity index (χ4n) is 2.84. The van der Waals surface area contributed by atoms with Crippen molar-refractivity contribution in [3.8, 4) is 22.7 Å². The van der Waals surface area contributed by atoms with E-state index in [1.54, 1.807) is 30.5 Å². The van der Waals surface area contributed by atoms with Crippen molar-refractivity contribution in [2.24, 2.45) is 0 Å². The largest absolute Gasteiger partial charge is 0.488 e. The van der Waals surface area contributed by atoms with Gasteiger partial charge in [0.1, 0.15) is 22.5 Å². The normalized spacial score (nSPS) is 11.2. The smallest absolute Gasteiger partial charge is 0.272 e. The van der Waals surface area contributed by atoms with Crippen molar-refractivity contribution in [1.29, 1.82) is 0 Å². The standard InChI is InChI=1S/C19H17Cl2F2N3O2/c1-3-25-17(12-4-6-13(7-5-12)28-10-16(22)23)15(8-14(20)19(25)27)26-18(21)11(2)9-24-26/h4-9,16H,3,10H2,1-2H3. The summed E-state index contributed by atoms with van der Waals surface area (Å²) in [5, 5.41) is 4.73. The third-order valence-corrected chi connectivity index (χ3v) is 4.88. The Morgan fingerprint density at radius 2 is 1.89 bits per heavy atom. The predicted molar refractivity (Wildman–Crippen MR) is 105 cm³/mol. The minimum atomic E-state index is -2.56. The van der Waals surface area contributed by atoms with Crippen LogP contribution in [0.5, 0.6) is 5.75 Å². The van der Waals surface area contributed by atoms with Crippen molar-refractivity contribution in [1.82, 2.24) is 14.3 Å². The summed E-state index contributed by atoms with van der Waals surface area (Å²) < 4.78 is 32.7. The number of halogens is 4. The summed E-state index contributed by atoms with van der Waals surface area (Å²) in [6.07, 6.45) is -0.944. The summed E-state index contributed by atoms with van der Waals surface area (Å²) >= 11 is 12.5. The van der Waals surface area contributed by atoms with Crippen LogP contribution in [0.4, 0.5) is 8.78 Å².